The second-order valence-corrected chi connectivity index (χ2v) is 8.20. The molecule has 0 spiro atoms. The molecule has 1 saturated carbocycles. The number of methoxy groups -OCH3 is 2. The van der Waals surface area contributed by atoms with E-state index >= 15 is 0 Å². The van der Waals surface area contributed by atoms with Gasteiger partial charge in [0.25, 0.3) is 11.4 Å². The molecule has 0 radical (unpaired) electrons. The first-order valence-corrected chi connectivity index (χ1v) is 10.6. The number of rotatable bonds is 8. The van der Waals surface area contributed by atoms with Crippen LogP contribution in [0.5, 0.6) is 17.4 Å². The van der Waals surface area contributed by atoms with E-state index in [1.165, 1.54) is 7.11 Å². The smallest absolute Gasteiger partial charge is 0.269 e. The number of aromatic nitrogens is 2. The Morgan fingerprint density at radius 1 is 1.29 bits per heavy atom. The van der Waals surface area contributed by atoms with Crippen molar-refractivity contribution in [1.29, 1.82) is 5.26 Å². The highest BCUT2D eigenvalue weighted by Crippen LogP contribution is 2.49. The van der Waals surface area contributed by atoms with Crippen LogP contribution in [-0.2, 0) is 4.74 Å². The van der Waals surface area contributed by atoms with Crippen molar-refractivity contribution in [3.63, 3.8) is 0 Å². The largest absolute Gasteiger partial charge is 0.488 e. The molecule has 0 amide bonds. The number of hydrogen-bond acceptors (Lipinski definition) is 7. The highest BCUT2D eigenvalue weighted by atomic mass is 16.5. The molecule has 8 heteroatoms. The van der Waals surface area contributed by atoms with Gasteiger partial charge in [-0.3, -0.25) is 4.79 Å². The second-order valence-electron chi connectivity index (χ2n) is 8.20. The minimum Gasteiger partial charge on any atom is -0.488 e. The lowest BCUT2D eigenvalue weighted by Crippen LogP contribution is -2.30. The maximum absolute atomic E-state index is 13.1. The monoisotopic (exact) mass is 425 g/mol. The molecule has 0 bridgehead atoms. The number of fused-ring (bicyclic) bond motifs is 3. The molecule has 0 N–H and O–H groups in total. The minimum atomic E-state index is -0.309. The molecule has 0 unspecified atom stereocenters. The van der Waals surface area contributed by atoms with Crippen LogP contribution in [0.1, 0.15) is 56.4 Å². The first kappa shape index (κ1) is 21.2. The van der Waals surface area contributed by atoms with Crippen LogP contribution in [0.25, 0.3) is 11.4 Å². The fraction of sp³-hybridized carbons (Fsp3) is 0.522. The van der Waals surface area contributed by atoms with Crippen molar-refractivity contribution >= 4 is 0 Å². The summed E-state index contributed by atoms with van der Waals surface area (Å²) in [7, 11) is 3.18. The zero-order valence-electron chi connectivity index (χ0n) is 18.3. The quantitative estimate of drug-likeness (QED) is 0.596. The summed E-state index contributed by atoms with van der Waals surface area (Å²) < 4.78 is 24.5. The summed E-state index contributed by atoms with van der Waals surface area (Å²) in [6.07, 6.45) is 2.23. The average molecular weight is 425 g/mol. The number of nitriles is 1. The maximum atomic E-state index is 13.1. The third kappa shape index (κ3) is 3.86. The van der Waals surface area contributed by atoms with Crippen molar-refractivity contribution in [3.05, 3.63) is 33.6 Å². The van der Waals surface area contributed by atoms with Gasteiger partial charge in [0.05, 0.1) is 19.4 Å². The van der Waals surface area contributed by atoms with Crippen molar-refractivity contribution in [2.24, 2.45) is 5.92 Å². The maximum Gasteiger partial charge on any atom is 0.269 e. The Morgan fingerprint density at radius 3 is 2.68 bits per heavy atom. The molecule has 1 fully saturated rings. The van der Waals surface area contributed by atoms with Crippen LogP contribution in [0.4, 0.5) is 0 Å². The molecule has 1 atom stereocenters. The number of hydrogen-bond donors (Lipinski definition) is 0. The molecule has 2 aromatic rings. The number of nitrogens with zero attached hydrogens (tertiary/aromatic N) is 3. The van der Waals surface area contributed by atoms with E-state index in [0.717, 1.165) is 30.5 Å². The Balaban J connectivity index is 1.89. The van der Waals surface area contributed by atoms with Crippen molar-refractivity contribution in [3.8, 4) is 34.8 Å². The van der Waals surface area contributed by atoms with Gasteiger partial charge in [-0.2, -0.15) is 5.26 Å². The fourth-order valence-electron chi connectivity index (χ4n) is 3.94. The van der Waals surface area contributed by atoms with Gasteiger partial charge in [-0.25, -0.2) is 4.98 Å². The highest BCUT2D eigenvalue weighted by molar-refractivity contribution is 5.72. The first-order chi connectivity index (χ1) is 15.0. The van der Waals surface area contributed by atoms with Crippen LogP contribution < -0.4 is 19.8 Å². The van der Waals surface area contributed by atoms with Crippen molar-refractivity contribution in [2.75, 3.05) is 27.4 Å². The van der Waals surface area contributed by atoms with Gasteiger partial charge < -0.3 is 23.5 Å². The van der Waals surface area contributed by atoms with Crippen LogP contribution >= 0.6 is 0 Å². The van der Waals surface area contributed by atoms with Gasteiger partial charge >= 0.3 is 0 Å². The van der Waals surface area contributed by atoms with Crippen LogP contribution in [0.15, 0.2) is 16.9 Å². The molecule has 8 nitrogen and oxygen atoms in total. The summed E-state index contributed by atoms with van der Waals surface area (Å²) in [5.41, 5.74) is 1.93. The zero-order chi connectivity index (χ0) is 22.1. The van der Waals surface area contributed by atoms with E-state index in [2.05, 4.69) is 24.9 Å². The predicted octanol–water partition coefficient (Wildman–Crippen LogP) is 3.63. The molecule has 31 heavy (non-hydrogen) atoms. The standard InChI is InChI=1S/C23H27N3O5/c1-13(2)21-16-10-14(12-24)23(27)26(15-6-7-15)20(16)19-17(31-21)11-18(22(25-19)29-4)30-9-5-8-28-3/h10-11,13,15,21H,5-9H2,1-4H3/t21-/m1/s1. The van der Waals surface area contributed by atoms with E-state index < -0.39 is 0 Å². The zero-order valence-corrected chi connectivity index (χ0v) is 18.3. The summed E-state index contributed by atoms with van der Waals surface area (Å²) in [4.78, 5) is 17.8. The van der Waals surface area contributed by atoms with Crippen molar-refractivity contribution in [2.45, 2.75) is 45.3 Å². The van der Waals surface area contributed by atoms with E-state index in [-0.39, 0.29) is 29.2 Å². The Hall–Kier alpha value is -3.05. The predicted molar refractivity (Wildman–Crippen MR) is 114 cm³/mol. The van der Waals surface area contributed by atoms with Gasteiger partial charge in [0.1, 0.15) is 23.4 Å². The molecule has 2 aliphatic rings. The Bertz CT molecular complexity index is 1080. The molecule has 4 rings (SSSR count). The summed E-state index contributed by atoms with van der Waals surface area (Å²) in [6, 6.07) is 5.57. The summed E-state index contributed by atoms with van der Waals surface area (Å²) in [5.74, 6) is 1.48. The highest BCUT2D eigenvalue weighted by Gasteiger charge is 2.38. The second kappa shape index (κ2) is 8.60. The van der Waals surface area contributed by atoms with Gasteiger partial charge in [-0.15, -0.1) is 0 Å². The number of pyridine rings is 2. The van der Waals surface area contributed by atoms with E-state index in [9.17, 15) is 10.1 Å². The van der Waals surface area contributed by atoms with E-state index in [4.69, 9.17) is 18.9 Å². The van der Waals surface area contributed by atoms with Gasteiger partial charge in [0, 0.05) is 37.8 Å². The van der Waals surface area contributed by atoms with Crippen LogP contribution in [0.3, 0.4) is 0 Å². The Morgan fingerprint density at radius 2 is 2.06 bits per heavy atom. The molecule has 2 aromatic heterocycles. The number of ether oxygens (including phenoxy) is 4. The lowest BCUT2D eigenvalue weighted by molar-refractivity contribution is 0.146. The molecular formula is C23H27N3O5. The SMILES string of the molecule is COCCCOc1cc2c(nc1OC)-c1c(cc(C#N)c(=O)n1C1CC1)[C@@H](C(C)C)O2. The van der Waals surface area contributed by atoms with Crippen molar-refractivity contribution in [1.82, 2.24) is 9.55 Å². The van der Waals surface area contributed by atoms with E-state index in [1.54, 1.807) is 23.8 Å². The molecule has 0 saturated heterocycles. The van der Waals surface area contributed by atoms with Crippen LogP contribution in [0.2, 0.25) is 0 Å². The summed E-state index contributed by atoms with van der Waals surface area (Å²) in [6.45, 7) is 5.15. The molecule has 1 aliphatic carbocycles. The minimum absolute atomic E-state index is 0.0751. The molecule has 0 aromatic carbocycles. The lowest BCUT2D eigenvalue weighted by Gasteiger charge is -2.32. The average Bonchev–Trinajstić information content (AvgIpc) is 3.60. The fourth-order valence-corrected chi connectivity index (χ4v) is 3.94. The Kier molecular flexibility index (Phi) is 5.88. The topological polar surface area (TPSA) is 95.6 Å². The normalized spacial score (nSPS) is 16.8. The molecule has 3 heterocycles. The van der Waals surface area contributed by atoms with Crippen molar-refractivity contribution < 1.29 is 18.9 Å². The van der Waals surface area contributed by atoms with Crippen LogP contribution in [-0.4, -0.2) is 37.0 Å². The molecule has 1 aliphatic heterocycles. The molecular weight excluding hydrogens is 398 g/mol. The van der Waals surface area contributed by atoms with Gasteiger partial charge in [0.15, 0.2) is 11.5 Å². The third-order valence-electron chi connectivity index (χ3n) is 5.55. The van der Waals surface area contributed by atoms with Crippen LogP contribution in [0, 0.1) is 17.2 Å². The third-order valence-corrected chi connectivity index (χ3v) is 5.55. The van der Waals surface area contributed by atoms with E-state index in [0.29, 0.717) is 36.3 Å². The first-order valence-electron chi connectivity index (χ1n) is 10.6. The van der Waals surface area contributed by atoms with Gasteiger partial charge in [0.2, 0.25) is 0 Å². The van der Waals surface area contributed by atoms with E-state index in [1.807, 2.05) is 0 Å². The van der Waals surface area contributed by atoms with Gasteiger partial charge in [-0.05, 0) is 24.8 Å². The lowest BCUT2D eigenvalue weighted by atomic mass is 9.92. The summed E-state index contributed by atoms with van der Waals surface area (Å²) >= 11 is 0. The van der Waals surface area contributed by atoms with Gasteiger partial charge in [-0.1, -0.05) is 13.8 Å². The Labute approximate surface area is 181 Å². The molecule has 164 valence electrons. The summed E-state index contributed by atoms with van der Waals surface area (Å²) in [5, 5.41) is 9.54.